The van der Waals surface area contributed by atoms with Crippen LogP contribution < -0.4 is 10.5 Å². The van der Waals surface area contributed by atoms with Crippen LogP contribution in [-0.4, -0.2) is 4.98 Å². The predicted octanol–water partition coefficient (Wildman–Crippen LogP) is 5.59. The third kappa shape index (κ3) is 3.61. The second-order valence-electron chi connectivity index (χ2n) is 4.97. The van der Waals surface area contributed by atoms with Gasteiger partial charge in [-0.1, -0.05) is 29.3 Å². The molecular weight excluding hydrogens is 351 g/mol. The number of aromatic nitrogens is 1. The van der Waals surface area contributed by atoms with Crippen LogP contribution >= 0.6 is 34.5 Å². The highest BCUT2D eigenvalue weighted by atomic mass is 35.5. The molecule has 2 aromatic carbocycles. The van der Waals surface area contributed by atoms with Gasteiger partial charge in [-0.25, -0.2) is 4.98 Å². The summed E-state index contributed by atoms with van der Waals surface area (Å²) in [4.78, 5) is 5.44. The monoisotopic (exact) mass is 364 g/mol. The lowest BCUT2D eigenvalue weighted by molar-refractivity contribution is 0.306. The first-order valence-electron chi connectivity index (χ1n) is 6.93. The Hall–Kier alpha value is -1.75. The molecule has 3 aromatic rings. The molecule has 0 radical (unpaired) electrons. The molecule has 23 heavy (non-hydrogen) atoms. The molecule has 0 bridgehead atoms. The lowest BCUT2D eigenvalue weighted by Crippen LogP contribution is -1.97. The van der Waals surface area contributed by atoms with Gasteiger partial charge in [0, 0.05) is 26.0 Å². The summed E-state index contributed by atoms with van der Waals surface area (Å²) in [6.07, 6.45) is 0. The van der Waals surface area contributed by atoms with E-state index >= 15 is 0 Å². The number of aryl methyl sites for hydroxylation is 1. The topological polar surface area (TPSA) is 48.1 Å². The van der Waals surface area contributed by atoms with E-state index in [4.69, 9.17) is 33.7 Å². The first-order chi connectivity index (χ1) is 11.0. The number of hydrogen-bond donors (Lipinski definition) is 1. The second kappa shape index (κ2) is 6.79. The minimum atomic E-state index is 0.320. The fraction of sp³-hybridized carbons (Fsp3) is 0.118. The van der Waals surface area contributed by atoms with E-state index in [9.17, 15) is 0 Å². The Morgan fingerprint density at radius 2 is 1.74 bits per heavy atom. The number of rotatable bonds is 4. The van der Waals surface area contributed by atoms with Crippen LogP contribution in [0.2, 0.25) is 10.0 Å². The molecule has 0 saturated carbocycles. The number of halogens is 2. The maximum atomic E-state index is 6.14. The van der Waals surface area contributed by atoms with Crippen LogP contribution in [-0.2, 0) is 6.61 Å². The SMILES string of the molecule is Cc1sc(N)nc1-c1ccc(OCc2c(Cl)cccc2Cl)cc1. The number of benzene rings is 2. The number of ether oxygens (including phenoxy) is 1. The van der Waals surface area contributed by atoms with Gasteiger partial charge in [-0.15, -0.1) is 11.3 Å². The molecule has 0 atom stereocenters. The van der Waals surface area contributed by atoms with Gasteiger partial charge in [0.2, 0.25) is 0 Å². The fourth-order valence-corrected chi connectivity index (χ4v) is 3.44. The Labute approximate surface area is 148 Å². The zero-order valence-corrected chi connectivity index (χ0v) is 14.7. The van der Waals surface area contributed by atoms with Crippen LogP contribution in [0.5, 0.6) is 5.75 Å². The highest BCUT2D eigenvalue weighted by molar-refractivity contribution is 7.15. The average molecular weight is 365 g/mol. The molecule has 118 valence electrons. The van der Waals surface area contributed by atoms with Crippen molar-refractivity contribution in [3.05, 3.63) is 63.0 Å². The smallest absolute Gasteiger partial charge is 0.180 e. The maximum Gasteiger partial charge on any atom is 0.180 e. The summed E-state index contributed by atoms with van der Waals surface area (Å²) < 4.78 is 5.77. The molecule has 0 amide bonds. The standard InChI is InChI=1S/C17H14Cl2N2OS/c1-10-16(21-17(20)23-10)11-5-7-12(8-6-11)22-9-13-14(18)3-2-4-15(13)19/h2-8H,9H2,1H3,(H2,20,21). The van der Waals surface area contributed by atoms with Crippen molar-refractivity contribution in [1.82, 2.24) is 4.98 Å². The van der Waals surface area contributed by atoms with Gasteiger partial charge in [-0.3, -0.25) is 0 Å². The van der Waals surface area contributed by atoms with Crippen molar-refractivity contribution in [1.29, 1.82) is 0 Å². The summed E-state index contributed by atoms with van der Waals surface area (Å²) in [5, 5.41) is 1.77. The van der Waals surface area contributed by atoms with Gasteiger partial charge in [0.25, 0.3) is 0 Å². The van der Waals surface area contributed by atoms with E-state index in [1.54, 1.807) is 12.1 Å². The molecule has 3 rings (SSSR count). The van der Waals surface area contributed by atoms with Crippen LogP contribution in [0.15, 0.2) is 42.5 Å². The highest BCUT2D eigenvalue weighted by Gasteiger charge is 2.09. The van der Waals surface area contributed by atoms with Crippen LogP contribution in [0.1, 0.15) is 10.4 Å². The van der Waals surface area contributed by atoms with E-state index in [0.717, 1.165) is 27.4 Å². The summed E-state index contributed by atoms with van der Waals surface area (Å²) in [6.45, 7) is 2.33. The summed E-state index contributed by atoms with van der Waals surface area (Å²) in [7, 11) is 0. The summed E-state index contributed by atoms with van der Waals surface area (Å²) in [5.74, 6) is 0.741. The molecule has 0 unspecified atom stereocenters. The zero-order chi connectivity index (χ0) is 16.4. The Morgan fingerprint density at radius 1 is 1.09 bits per heavy atom. The Kier molecular flexibility index (Phi) is 4.76. The van der Waals surface area contributed by atoms with Gasteiger partial charge < -0.3 is 10.5 Å². The van der Waals surface area contributed by atoms with Gasteiger partial charge in [0.15, 0.2) is 5.13 Å². The molecular formula is C17H14Cl2N2OS. The second-order valence-corrected chi connectivity index (χ2v) is 7.02. The summed E-state index contributed by atoms with van der Waals surface area (Å²) >= 11 is 13.8. The predicted molar refractivity (Wildman–Crippen MR) is 97.5 cm³/mol. The largest absolute Gasteiger partial charge is 0.489 e. The molecule has 0 aliphatic carbocycles. The van der Waals surface area contributed by atoms with E-state index in [1.165, 1.54) is 11.3 Å². The zero-order valence-electron chi connectivity index (χ0n) is 12.3. The highest BCUT2D eigenvalue weighted by Crippen LogP contribution is 2.30. The van der Waals surface area contributed by atoms with Gasteiger partial charge >= 0.3 is 0 Å². The van der Waals surface area contributed by atoms with Gasteiger partial charge in [0.1, 0.15) is 12.4 Å². The van der Waals surface area contributed by atoms with E-state index in [2.05, 4.69) is 4.98 Å². The van der Waals surface area contributed by atoms with Crippen molar-refractivity contribution >= 4 is 39.7 Å². The first-order valence-corrected chi connectivity index (χ1v) is 8.51. The quantitative estimate of drug-likeness (QED) is 0.656. The van der Waals surface area contributed by atoms with E-state index < -0.39 is 0 Å². The molecule has 2 N–H and O–H groups in total. The van der Waals surface area contributed by atoms with Gasteiger partial charge in [-0.2, -0.15) is 0 Å². The van der Waals surface area contributed by atoms with Crippen molar-refractivity contribution < 1.29 is 4.74 Å². The first kappa shape index (κ1) is 16.1. The van der Waals surface area contributed by atoms with Gasteiger partial charge in [-0.05, 0) is 43.3 Å². The maximum absolute atomic E-state index is 6.14. The van der Waals surface area contributed by atoms with Crippen molar-refractivity contribution in [3.8, 4) is 17.0 Å². The summed E-state index contributed by atoms with van der Waals surface area (Å²) in [6, 6.07) is 13.1. The fourth-order valence-electron chi connectivity index (χ4n) is 2.22. The molecule has 0 fully saturated rings. The Morgan fingerprint density at radius 3 is 2.30 bits per heavy atom. The van der Waals surface area contributed by atoms with Crippen molar-refractivity contribution in [2.24, 2.45) is 0 Å². The molecule has 6 heteroatoms. The number of anilines is 1. The van der Waals surface area contributed by atoms with E-state index in [0.29, 0.717) is 21.8 Å². The Bertz CT molecular complexity index is 811. The van der Waals surface area contributed by atoms with E-state index in [1.807, 2.05) is 37.3 Å². The molecule has 0 aliphatic rings. The van der Waals surface area contributed by atoms with Gasteiger partial charge in [0.05, 0.1) is 5.69 Å². The number of thiazole rings is 1. The number of nitrogens with two attached hydrogens (primary N) is 1. The minimum absolute atomic E-state index is 0.320. The minimum Gasteiger partial charge on any atom is -0.489 e. The third-order valence-corrected chi connectivity index (χ3v) is 4.89. The average Bonchev–Trinajstić information content (AvgIpc) is 2.86. The third-order valence-electron chi connectivity index (χ3n) is 3.39. The number of nitrogen functional groups attached to an aromatic ring is 1. The molecule has 0 spiro atoms. The lowest BCUT2D eigenvalue weighted by atomic mass is 10.1. The van der Waals surface area contributed by atoms with Crippen LogP contribution in [0.25, 0.3) is 11.3 Å². The van der Waals surface area contributed by atoms with Crippen molar-refractivity contribution in [3.63, 3.8) is 0 Å². The van der Waals surface area contributed by atoms with Crippen LogP contribution in [0.4, 0.5) is 5.13 Å². The van der Waals surface area contributed by atoms with Crippen molar-refractivity contribution in [2.75, 3.05) is 5.73 Å². The lowest BCUT2D eigenvalue weighted by Gasteiger charge is -2.10. The number of nitrogens with zero attached hydrogens (tertiary/aromatic N) is 1. The molecule has 1 heterocycles. The molecule has 3 nitrogen and oxygen atoms in total. The molecule has 0 aliphatic heterocycles. The van der Waals surface area contributed by atoms with Crippen molar-refractivity contribution in [2.45, 2.75) is 13.5 Å². The number of hydrogen-bond acceptors (Lipinski definition) is 4. The van der Waals surface area contributed by atoms with Crippen LogP contribution in [0.3, 0.4) is 0 Å². The molecule has 1 aromatic heterocycles. The van der Waals surface area contributed by atoms with E-state index in [-0.39, 0.29) is 0 Å². The normalized spacial score (nSPS) is 10.7. The molecule has 0 saturated heterocycles. The van der Waals surface area contributed by atoms with Crippen LogP contribution in [0, 0.1) is 6.92 Å². The Balaban J connectivity index is 1.74. The summed E-state index contributed by atoms with van der Waals surface area (Å²) in [5.41, 5.74) is 8.45.